The maximum absolute atomic E-state index is 9.60. The van der Waals surface area contributed by atoms with Crippen LogP contribution in [0.15, 0.2) is 0 Å². The lowest BCUT2D eigenvalue weighted by Gasteiger charge is -2.15. The molecule has 5 heteroatoms. The van der Waals surface area contributed by atoms with Gasteiger partial charge in [0.1, 0.15) is 0 Å². The first kappa shape index (κ1) is 15.8. The third-order valence-electron chi connectivity index (χ3n) is 2.67. The standard InChI is InChI=1S/C11H26N2O3/c12-7-5-10(15)3-1-9(14)2-4-11(16)6-8-13/h9-11,14-16H,1-8,12-13H2. The van der Waals surface area contributed by atoms with Gasteiger partial charge in [0.05, 0.1) is 18.3 Å². The van der Waals surface area contributed by atoms with Crippen LogP contribution in [0.1, 0.15) is 38.5 Å². The Balaban J connectivity index is 3.46. The molecule has 0 aromatic rings. The van der Waals surface area contributed by atoms with Crippen molar-refractivity contribution in [2.24, 2.45) is 11.5 Å². The minimum atomic E-state index is -0.458. The van der Waals surface area contributed by atoms with Gasteiger partial charge in [-0.25, -0.2) is 0 Å². The molecule has 0 radical (unpaired) electrons. The molecule has 0 aliphatic carbocycles. The van der Waals surface area contributed by atoms with Gasteiger partial charge in [-0.15, -0.1) is 0 Å². The molecule has 0 aromatic heterocycles. The van der Waals surface area contributed by atoms with Crippen molar-refractivity contribution in [2.75, 3.05) is 13.1 Å². The van der Waals surface area contributed by atoms with Gasteiger partial charge in [-0.3, -0.25) is 0 Å². The summed E-state index contributed by atoms with van der Waals surface area (Å²) in [6.07, 6.45) is 2.07. The van der Waals surface area contributed by atoms with Crippen LogP contribution in [0, 0.1) is 0 Å². The first-order chi connectivity index (χ1) is 7.60. The van der Waals surface area contributed by atoms with E-state index < -0.39 is 18.3 Å². The summed E-state index contributed by atoms with van der Waals surface area (Å²) in [5.74, 6) is 0. The van der Waals surface area contributed by atoms with Crippen molar-refractivity contribution < 1.29 is 15.3 Å². The number of hydrogen-bond donors (Lipinski definition) is 5. The fourth-order valence-corrected chi connectivity index (χ4v) is 1.59. The van der Waals surface area contributed by atoms with E-state index in [0.29, 0.717) is 51.6 Å². The molecule has 0 aliphatic rings. The van der Waals surface area contributed by atoms with Gasteiger partial charge >= 0.3 is 0 Å². The summed E-state index contributed by atoms with van der Waals surface area (Å²) in [4.78, 5) is 0. The smallest absolute Gasteiger partial charge is 0.0553 e. The summed E-state index contributed by atoms with van der Waals surface area (Å²) in [6.45, 7) is 0.930. The maximum Gasteiger partial charge on any atom is 0.0553 e. The Hall–Kier alpha value is -0.200. The molecule has 0 heterocycles. The summed E-state index contributed by atoms with van der Waals surface area (Å²) in [5, 5.41) is 28.4. The average Bonchev–Trinajstić information content (AvgIpc) is 2.24. The summed E-state index contributed by atoms with van der Waals surface area (Å²) >= 11 is 0. The minimum absolute atomic E-state index is 0.423. The fraction of sp³-hybridized carbons (Fsp3) is 1.00. The molecule has 0 fully saturated rings. The molecule has 2 atom stereocenters. The highest BCUT2D eigenvalue weighted by molar-refractivity contribution is 4.65. The van der Waals surface area contributed by atoms with E-state index in [1.54, 1.807) is 0 Å². The van der Waals surface area contributed by atoms with Gasteiger partial charge in [0.15, 0.2) is 0 Å². The Morgan fingerprint density at radius 2 is 0.812 bits per heavy atom. The molecule has 0 saturated heterocycles. The van der Waals surface area contributed by atoms with Crippen molar-refractivity contribution in [1.29, 1.82) is 0 Å². The highest BCUT2D eigenvalue weighted by atomic mass is 16.3. The summed E-state index contributed by atoms with van der Waals surface area (Å²) in [6, 6.07) is 0. The Labute approximate surface area is 97.5 Å². The highest BCUT2D eigenvalue weighted by Crippen LogP contribution is 2.11. The van der Waals surface area contributed by atoms with Gasteiger partial charge in [-0.05, 0) is 51.6 Å². The molecular weight excluding hydrogens is 208 g/mol. The molecule has 2 unspecified atom stereocenters. The molecule has 0 spiro atoms. The van der Waals surface area contributed by atoms with Crippen molar-refractivity contribution in [3.8, 4) is 0 Å². The Kier molecular flexibility index (Phi) is 9.86. The van der Waals surface area contributed by atoms with Gasteiger partial charge in [-0.2, -0.15) is 0 Å². The zero-order valence-electron chi connectivity index (χ0n) is 9.89. The molecule has 7 N–H and O–H groups in total. The van der Waals surface area contributed by atoms with Gasteiger partial charge in [0.2, 0.25) is 0 Å². The molecule has 0 saturated carbocycles. The van der Waals surface area contributed by atoms with Crippen LogP contribution in [0.2, 0.25) is 0 Å². The second-order valence-electron chi connectivity index (χ2n) is 4.27. The third-order valence-corrected chi connectivity index (χ3v) is 2.67. The van der Waals surface area contributed by atoms with Crippen LogP contribution < -0.4 is 11.5 Å². The molecular formula is C11H26N2O3. The number of aliphatic hydroxyl groups is 3. The molecule has 0 bridgehead atoms. The maximum atomic E-state index is 9.60. The normalized spacial score (nSPS) is 17.1. The third kappa shape index (κ3) is 9.06. The van der Waals surface area contributed by atoms with Crippen molar-refractivity contribution in [3.63, 3.8) is 0 Å². The summed E-state index contributed by atoms with van der Waals surface area (Å²) in [7, 11) is 0. The number of rotatable bonds is 10. The van der Waals surface area contributed by atoms with E-state index in [-0.39, 0.29) is 0 Å². The molecule has 5 nitrogen and oxygen atoms in total. The van der Waals surface area contributed by atoms with Crippen molar-refractivity contribution in [1.82, 2.24) is 0 Å². The van der Waals surface area contributed by atoms with Crippen LogP contribution >= 0.6 is 0 Å². The van der Waals surface area contributed by atoms with E-state index in [1.165, 1.54) is 0 Å². The second-order valence-corrected chi connectivity index (χ2v) is 4.27. The predicted octanol–water partition coefficient (Wildman–Crippen LogP) is -0.673. The monoisotopic (exact) mass is 234 g/mol. The van der Waals surface area contributed by atoms with Crippen LogP contribution in [0.3, 0.4) is 0 Å². The molecule has 0 aromatic carbocycles. The Morgan fingerprint density at radius 1 is 0.562 bits per heavy atom. The van der Waals surface area contributed by atoms with E-state index in [4.69, 9.17) is 11.5 Å². The highest BCUT2D eigenvalue weighted by Gasteiger charge is 2.11. The molecule has 0 aliphatic heterocycles. The summed E-state index contributed by atoms with van der Waals surface area (Å²) in [5.41, 5.74) is 10.6. The van der Waals surface area contributed by atoms with Crippen molar-refractivity contribution in [3.05, 3.63) is 0 Å². The summed E-state index contributed by atoms with van der Waals surface area (Å²) < 4.78 is 0. The van der Waals surface area contributed by atoms with Crippen LogP contribution in [0.4, 0.5) is 0 Å². The minimum Gasteiger partial charge on any atom is -0.393 e. The molecule has 98 valence electrons. The van der Waals surface area contributed by atoms with Crippen LogP contribution in [0.25, 0.3) is 0 Å². The number of aliphatic hydroxyl groups excluding tert-OH is 3. The second kappa shape index (κ2) is 9.99. The Morgan fingerprint density at radius 3 is 1.06 bits per heavy atom. The Bertz CT molecular complexity index is 142. The quantitative estimate of drug-likeness (QED) is 0.344. The largest absolute Gasteiger partial charge is 0.393 e. The van der Waals surface area contributed by atoms with E-state index in [0.717, 1.165) is 0 Å². The van der Waals surface area contributed by atoms with E-state index in [1.807, 2.05) is 0 Å². The molecule has 0 rings (SSSR count). The number of hydrogen-bond acceptors (Lipinski definition) is 5. The first-order valence-electron chi connectivity index (χ1n) is 6.04. The van der Waals surface area contributed by atoms with Crippen LogP contribution in [-0.4, -0.2) is 46.7 Å². The van der Waals surface area contributed by atoms with Gasteiger partial charge in [0, 0.05) is 0 Å². The molecule has 0 amide bonds. The zero-order valence-corrected chi connectivity index (χ0v) is 9.89. The average molecular weight is 234 g/mol. The van der Waals surface area contributed by atoms with Crippen molar-refractivity contribution in [2.45, 2.75) is 56.8 Å². The zero-order chi connectivity index (χ0) is 12.4. The fourth-order valence-electron chi connectivity index (χ4n) is 1.59. The van der Waals surface area contributed by atoms with E-state index in [2.05, 4.69) is 0 Å². The van der Waals surface area contributed by atoms with Gasteiger partial charge < -0.3 is 26.8 Å². The predicted molar refractivity (Wildman–Crippen MR) is 63.8 cm³/mol. The molecule has 16 heavy (non-hydrogen) atoms. The SMILES string of the molecule is NCCC(O)CCC(O)CCC(O)CCN. The lowest BCUT2D eigenvalue weighted by molar-refractivity contribution is 0.0851. The van der Waals surface area contributed by atoms with Gasteiger partial charge in [-0.1, -0.05) is 0 Å². The number of nitrogens with two attached hydrogens (primary N) is 2. The van der Waals surface area contributed by atoms with Crippen LogP contribution in [-0.2, 0) is 0 Å². The van der Waals surface area contributed by atoms with Crippen LogP contribution in [0.5, 0.6) is 0 Å². The van der Waals surface area contributed by atoms with Gasteiger partial charge in [0.25, 0.3) is 0 Å². The lowest BCUT2D eigenvalue weighted by Crippen LogP contribution is -2.19. The van der Waals surface area contributed by atoms with E-state index >= 15 is 0 Å². The first-order valence-corrected chi connectivity index (χ1v) is 6.04. The lowest BCUT2D eigenvalue weighted by atomic mass is 10.0. The topological polar surface area (TPSA) is 113 Å². The van der Waals surface area contributed by atoms with E-state index in [9.17, 15) is 15.3 Å². The van der Waals surface area contributed by atoms with Crippen molar-refractivity contribution >= 4 is 0 Å².